The summed E-state index contributed by atoms with van der Waals surface area (Å²) in [7, 11) is 2.02. The summed E-state index contributed by atoms with van der Waals surface area (Å²) in [6.07, 6.45) is 10.6. The van der Waals surface area contributed by atoms with Gasteiger partial charge in [-0.25, -0.2) is 0 Å². The van der Waals surface area contributed by atoms with Gasteiger partial charge in [0.25, 0.3) is 0 Å². The van der Waals surface area contributed by atoms with Gasteiger partial charge in [-0.1, -0.05) is 19.3 Å². The topological polar surface area (TPSA) is 46.9 Å². The molecular weight excluding hydrogens is 250 g/mol. The first-order chi connectivity index (χ1) is 9.75. The van der Waals surface area contributed by atoms with Gasteiger partial charge in [-0.15, -0.1) is 0 Å². The number of aromatic nitrogens is 2. The van der Waals surface area contributed by atoms with Crippen LogP contribution in [0.4, 0.5) is 0 Å². The van der Waals surface area contributed by atoms with Crippen molar-refractivity contribution in [3.63, 3.8) is 0 Å². The highest BCUT2D eigenvalue weighted by Gasteiger charge is 2.23. The predicted molar refractivity (Wildman–Crippen MR) is 78.3 cm³/mol. The maximum absolute atomic E-state index is 12.2. The number of nitrogens with one attached hydrogen (secondary N) is 1. The molecule has 1 aromatic rings. The largest absolute Gasteiger partial charge is 0.350 e. The van der Waals surface area contributed by atoms with Gasteiger partial charge >= 0.3 is 0 Å². The molecule has 0 bridgehead atoms. The number of fused-ring (bicyclic) bond motifs is 1. The smallest absolute Gasteiger partial charge is 0.223 e. The van der Waals surface area contributed by atoms with Crippen LogP contribution in [0.3, 0.4) is 0 Å². The molecule has 1 N–H and O–H groups in total. The highest BCUT2D eigenvalue weighted by Crippen LogP contribution is 2.25. The van der Waals surface area contributed by atoms with Crippen molar-refractivity contribution in [2.75, 3.05) is 0 Å². The fraction of sp³-hybridized carbons (Fsp3) is 0.750. The van der Waals surface area contributed by atoms with Crippen molar-refractivity contribution in [3.8, 4) is 0 Å². The van der Waals surface area contributed by atoms with Crippen LogP contribution in [0, 0.1) is 5.92 Å². The van der Waals surface area contributed by atoms with Gasteiger partial charge in [-0.2, -0.15) is 5.10 Å². The van der Waals surface area contributed by atoms with Crippen molar-refractivity contribution in [2.24, 2.45) is 13.0 Å². The molecule has 3 rings (SSSR count). The molecule has 2 aliphatic rings. The summed E-state index contributed by atoms with van der Waals surface area (Å²) in [4.78, 5) is 12.2. The molecule has 0 aromatic carbocycles. The van der Waals surface area contributed by atoms with Crippen molar-refractivity contribution < 1.29 is 4.79 Å². The second-order valence-electron chi connectivity index (χ2n) is 6.26. The van der Waals surface area contributed by atoms with Gasteiger partial charge in [0.2, 0.25) is 5.91 Å². The van der Waals surface area contributed by atoms with Gasteiger partial charge in [0, 0.05) is 18.7 Å². The van der Waals surface area contributed by atoms with E-state index in [4.69, 9.17) is 0 Å². The first-order valence-electron chi connectivity index (χ1n) is 8.07. The Morgan fingerprint density at radius 2 is 1.95 bits per heavy atom. The van der Waals surface area contributed by atoms with E-state index >= 15 is 0 Å². The average molecular weight is 275 g/mol. The maximum Gasteiger partial charge on any atom is 0.223 e. The van der Waals surface area contributed by atoms with Gasteiger partial charge in [0.1, 0.15) is 0 Å². The van der Waals surface area contributed by atoms with E-state index in [1.807, 2.05) is 11.7 Å². The quantitative estimate of drug-likeness (QED) is 0.921. The number of carbonyl (C=O) groups excluding carboxylic acids is 1. The van der Waals surface area contributed by atoms with Crippen molar-refractivity contribution >= 4 is 5.91 Å². The SMILES string of the molecule is Cn1nc(CNC(=O)C2CCCCC2)c2c1CCCC2. The first kappa shape index (κ1) is 13.7. The maximum atomic E-state index is 12.2. The number of aryl methyl sites for hydroxylation is 1. The molecule has 20 heavy (non-hydrogen) atoms. The molecule has 4 heteroatoms. The molecule has 0 spiro atoms. The molecule has 0 radical (unpaired) electrons. The summed E-state index contributed by atoms with van der Waals surface area (Å²) in [5.41, 5.74) is 3.85. The number of amides is 1. The highest BCUT2D eigenvalue weighted by molar-refractivity contribution is 5.78. The van der Waals surface area contributed by atoms with Crippen LogP contribution < -0.4 is 5.32 Å². The third kappa shape index (κ3) is 2.74. The Bertz CT molecular complexity index is 486. The van der Waals surface area contributed by atoms with Gasteiger partial charge in [0.15, 0.2) is 0 Å². The molecule has 0 unspecified atom stereocenters. The van der Waals surface area contributed by atoms with E-state index in [2.05, 4.69) is 10.4 Å². The molecule has 2 aliphatic carbocycles. The predicted octanol–water partition coefficient (Wildman–Crippen LogP) is 2.50. The molecule has 0 saturated heterocycles. The number of hydrogen-bond acceptors (Lipinski definition) is 2. The molecule has 1 fully saturated rings. The lowest BCUT2D eigenvalue weighted by Crippen LogP contribution is -2.31. The normalized spacial score (nSPS) is 19.6. The third-order valence-electron chi connectivity index (χ3n) is 4.85. The van der Waals surface area contributed by atoms with Crippen LogP contribution in [0.5, 0.6) is 0 Å². The van der Waals surface area contributed by atoms with Crippen LogP contribution in [0.1, 0.15) is 61.9 Å². The zero-order valence-corrected chi connectivity index (χ0v) is 12.5. The minimum Gasteiger partial charge on any atom is -0.350 e. The van der Waals surface area contributed by atoms with Gasteiger partial charge in [0.05, 0.1) is 12.2 Å². The fourth-order valence-corrected chi connectivity index (χ4v) is 3.68. The lowest BCUT2D eigenvalue weighted by atomic mass is 9.88. The Hall–Kier alpha value is -1.32. The Morgan fingerprint density at radius 3 is 2.75 bits per heavy atom. The molecule has 0 aliphatic heterocycles. The zero-order chi connectivity index (χ0) is 13.9. The van der Waals surface area contributed by atoms with Crippen molar-refractivity contribution in [1.29, 1.82) is 0 Å². The van der Waals surface area contributed by atoms with Crippen LogP contribution in [-0.2, 0) is 31.2 Å². The minimum absolute atomic E-state index is 0.236. The van der Waals surface area contributed by atoms with Gasteiger partial charge in [-0.3, -0.25) is 9.48 Å². The van der Waals surface area contributed by atoms with E-state index in [9.17, 15) is 4.79 Å². The molecular formula is C16H25N3O. The standard InChI is InChI=1S/C16H25N3O/c1-19-15-10-6-5-9-13(15)14(18-19)11-17-16(20)12-7-3-2-4-8-12/h12H,2-11H2,1H3,(H,17,20). The van der Waals surface area contributed by atoms with E-state index in [0.717, 1.165) is 31.4 Å². The Morgan fingerprint density at radius 1 is 1.20 bits per heavy atom. The molecule has 4 nitrogen and oxygen atoms in total. The van der Waals surface area contributed by atoms with Crippen LogP contribution in [0.15, 0.2) is 0 Å². The van der Waals surface area contributed by atoms with Crippen LogP contribution >= 0.6 is 0 Å². The highest BCUT2D eigenvalue weighted by atomic mass is 16.1. The zero-order valence-electron chi connectivity index (χ0n) is 12.5. The number of rotatable bonds is 3. The monoisotopic (exact) mass is 275 g/mol. The second kappa shape index (κ2) is 5.98. The van der Waals surface area contributed by atoms with Crippen molar-refractivity contribution in [2.45, 2.75) is 64.3 Å². The fourth-order valence-electron chi connectivity index (χ4n) is 3.68. The van der Waals surface area contributed by atoms with E-state index in [0.29, 0.717) is 6.54 Å². The molecule has 0 atom stereocenters. The first-order valence-corrected chi connectivity index (χ1v) is 8.07. The second-order valence-corrected chi connectivity index (χ2v) is 6.26. The molecule has 1 heterocycles. The summed E-state index contributed by atoms with van der Waals surface area (Å²) in [5.74, 6) is 0.475. The lowest BCUT2D eigenvalue weighted by molar-refractivity contribution is -0.126. The third-order valence-corrected chi connectivity index (χ3v) is 4.85. The van der Waals surface area contributed by atoms with Crippen molar-refractivity contribution in [3.05, 3.63) is 17.0 Å². The lowest BCUT2D eigenvalue weighted by Gasteiger charge is -2.20. The van der Waals surface area contributed by atoms with E-state index in [1.54, 1.807) is 0 Å². The van der Waals surface area contributed by atoms with Crippen LogP contribution in [-0.4, -0.2) is 15.7 Å². The Kier molecular flexibility index (Phi) is 4.08. The molecule has 1 aromatic heterocycles. The van der Waals surface area contributed by atoms with Crippen LogP contribution in [0.2, 0.25) is 0 Å². The summed E-state index contributed by atoms with van der Waals surface area (Å²) in [6, 6.07) is 0. The van der Waals surface area contributed by atoms with Gasteiger partial charge < -0.3 is 5.32 Å². The minimum atomic E-state index is 0.236. The summed E-state index contributed by atoms with van der Waals surface area (Å²) in [6.45, 7) is 0.610. The summed E-state index contributed by atoms with van der Waals surface area (Å²) < 4.78 is 2.01. The summed E-state index contributed by atoms with van der Waals surface area (Å²) >= 11 is 0. The Labute approximate surface area is 120 Å². The van der Waals surface area contributed by atoms with E-state index in [-0.39, 0.29) is 11.8 Å². The Balaban J connectivity index is 1.62. The number of nitrogens with zero attached hydrogens (tertiary/aromatic N) is 2. The van der Waals surface area contributed by atoms with Crippen molar-refractivity contribution in [1.82, 2.24) is 15.1 Å². The molecule has 1 amide bonds. The van der Waals surface area contributed by atoms with Crippen LogP contribution in [0.25, 0.3) is 0 Å². The molecule has 110 valence electrons. The van der Waals surface area contributed by atoms with E-state index < -0.39 is 0 Å². The number of hydrogen-bond donors (Lipinski definition) is 1. The summed E-state index contributed by atoms with van der Waals surface area (Å²) in [5, 5.41) is 7.73. The van der Waals surface area contributed by atoms with E-state index in [1.165, 1.54) is 43.4 Å². The van der Waals surface area contributed by atoms with Gasteiger partial charge in [-0.05, 0) is 44.1 Å². The number of carbonyl (C=O) groups is 1. The molecule has 1 saturated carbocycles. The average Bonchev–Trinajstić information content (AvgIpc) is 2.83.